The van der Waals surface area contributed by atoms with E-state index in [4.69, 9.17) is 4.74 Å². The normalized spacial score (nSPS) is 15.0. The Balaban J connectivity index is 1.74. The molecule has 0 saturated carbocycles. The number of Topliss-reactive ketones (excluding diaryl/α,β-unsaturated/α-hetero) is 1. The summed E-state index contributed by atoms with van der Waals surface area (Å²) in [7, 11) is 0. The number of hydrogen-bond acceptors (Lipinski definition) is 5. The first-order valence-electron chi connectivity index (χ1n) is 8.44. The minimum Gasteiger partial charge on any atom is -0.460 e. The van der Waals surface area contributed by atoms with Gasteiger partial charge < -0.3 is 14.7 Å². The monoisotopic (exact) mass is 347 g/mol. The van der Waals surface area contributed by atoms with Gasteiger partial charge in [-0.25, -0.2) is 0 Å². The predicted molar refractivity (Wildman–Crippen MR) is 91.9 cm³/mol. The summed E-state index contributed by atoms with van der Waals surface area (Å²) in [5.74, 6) is -1.00. The lowest BCUT2D eigenvalue weighted by atomic mass is 10.1. The van der Waals surface area contributed by atoms with Gasteiger partial charge in [-0.15, -0.1) is 0 Å². The Morgan fingerprint density at radius 3 is 2.60 bits per heavy atom. The van der Waals surface area contributed by atoms with Crippen molar-refractivity contribution < 1.29 is 24.2 Å². The van der Waals surface area contributed by atoms with Gasteiger partial charge in [-0.3, -0.25) is 14.4 Å². The van der Waals surface area contributed by atoms with Crippen LogP contribution in [0.25, 0.3) is 0 Å². The van der Waals surface area contributed by atoms with Crippen LogP contribution in [0.1, 0.15) is 56.0 Å². The number of ether oxygens (including phenoxy) is 1. The van der Waals surface area contributed by atoms with Crippen molar-refractivity contribution >= 4 is 17.7 Å². The molecule has 136 valence electrons. The predicted octanol–water partition coefficient (Wildman–Crippen LogP) is 2.08. The number of carbonyl (C=O) groups is 3. The Labute approximate surface area is 147 Å². The summed E-state index contributed by atoms with van der Waals surface area (Å²) in [4.78, 5) is 37.3. The highest BCUT2D eigenvalue weighted by molar-refractivity contribution is 5.98. The maximum absolute atomic E-state index is 12.2. The van der Waals surface area contributed by atoms with Gasteiger partial charge in [0.2, 0.25) is 0 Å². The van der Waals surface area contributed by atoms with E-state index in [-0.39, 0.29) is 24.5 Å². The molecule has 1 aliphatic heterocycles. The largest absolute Gasteiger partial charge is 0.460 e. The number of aliphatic hydroxyl groups excluding tert-OH is 1. The Morgan fingerprint density at radius 1 is 1.28 bits per heavy atom. The maximum Gasteiger partial charge on any atom is 0.313 e. The molecule has 1 aromatic carbocycles. The van der Waals surface area contributed by atoms with Crippen LogP contribution in [0.15, 0.2) is 24.3 Å². The van der Waals surface area contributed by atoms with Gasteiger partial charge in [-0.1, -0.05) is 18.2 Å². The molecule has 1 atom stereocenters. The smallest absolute Gasteiger partial charge is 0.313 e. The van der Waals surface area contributed by atoms with Crippen LogP contribution in [0.2, 0.25) is 0 Å². The second kappa shape index (κ2) is 7.78. The first kappa shape index (κ1) is 19.1. The summed E-state index contributed by atoms with van der Waals surface area (Å²) in [6.45, 7) is 6.09. The highest BCUT2D eigenvalue weighted by atomic mass is 16.6. The molecule has 0 bridgehead atoms. The standard InChI is InChI=1S/C19H25NO5/c1-19(2,3)25-17(23)11-15(22)10-14(21)8-9-20-12-13-6-4-5-7-16(13)18(20)24/h4-7,14,21H,8-12H2,1-3H3/t14-/m1/s1. The molecule has 0 radical (unpaired) electrons. The molecule has 0 fully saturated rings. The first-order valence-corrected chi connectivity index (χ1v) is 8.44. The van der Waals surface area contributed by atoms with E-state index >= 15 is 0 Å². The summed E-state index contributed by atoms with van der Waals surface area (Å²) in [5, 5.41) is 10.0. The zero-order chi connectivity index (χ0) is 18.6. The van der Waals surface area contributed by atoms with Gasteiger partial charge >= 0.3 is 5.97 Å². The molecular weight excluding hydrogens is 322 g/mol. The lowest BCUT2D eigenvalue weighted by Crippen LogP contribution is -2.29. The van der Waals surface area contributed by atoms with Gasteiger partial charge in [0.25, 0.3) is 5.91 Å². The lowest BCUT2D eigenvalue weighted by Gasteiger charge is -2.20. The van der Waals surface area contributed by atoms with Crippen LogP contribution < -0.4 is 0 Å². The Bertz CT molecular complexity index is 662. The molecule has 0 aromatic heterocycles. The summed E-state index contributed by atoms with van der Waals surface area (Å²) >= 11 is 0. The summed E-state index contributed by atoms with van der Waals surface area (Å²) < 4.78 is 5.09. The molecule has 1 aliphatic rings. The van der Waals surface area contributed by atoms with Crippen molar-refractivity contribution in [1.29, 1.82) is 0 Å². The number of aliphatic hydroxyl groups is 1. The fourth-order valence-electron chi connectivity index (χ4n) is 2.78. The Kier molecular flexibility index (Phi) is 5.95. The number of esters is 1. The average molecular weight is 347 g/mol. The fraction of sp³-hybridized carbons (Fsp3) is 0.526. The van der Waals surface area contributed by atoms with E-state index in [0.29, 0.717) is 25.1 Å². The molecule has 1 amide bonds. The quantitative estimate of drug-likeness (QED) is 0.603. The van der Waals surface area contributed by atoms with Crippen molar-refractivity contribution in [3.05, 3.63) is 35.4 Å². The molecule has 6 nitrogen and oxygen atoms in total. The molecule has 0 unspecified atom stereocenters. The van der Waals surface area contributed by atoms with Crippen LogP contribution in [0.4, 0.5) is 0 Å². The van der Waals surface area contributed by atoms with E-state index in [1.54, 1.807) is 31.7 Å². The minimum absolute atomic E-state index is 0.0529. The molecule has 6 heteroatoms. The number of rotatable bonds is 7. The Morgan fingerprint density at radius 2 is 1.96 bits per heavy atom. The van der Waals surface area contributed by atoms with Crippen LogP contribution in [-0.4, -0.2) is 45.9 Å². The zero-order valence-corrected chi connectivity index (χ0v) is 14.9. The fourth-order valence-corrected chi connectivity index (χ4v) is 2.78. The third kappa shape index (κ3) is 5.67. The number of nitrogens with zero attached hydrogens (tertiary/aromatic N) is 1. The van der Waals surface area contributed by atoms with Crippen LogP contribution in [-0.2, 0) is 20.9 Å². The van der Waals surface area contributed by atoms with Crippen molar-refractivity contribution in [2.24, 2.45) is 0 Å². The van der Waals surface area contributed by atoms with Crippen LogP contribution in [0.5, 0.6) is 0 Å². The third-order valence-electron chi connectivity index (χ3n) is 3.85. The number of hydrogen-bond donors (Lipinski definition) is 1. The van der Waals surface area contributed by atoms with E-state index in [9.17, 15) is 19.5 Å². The van der Waals surface area contributed by atoms with Crippen molar-refractivity contribution in [2.75, 3.05) is 6.54 Å². The van der Waals surface area contributed by atoms with E-state index in [1.807, 2.05) is 18.2 Å². The minimum atomic E-state index is -0.883. The van der Waals surface area contributed by atoms with Gasteiger partial charge in [0, 0.05) is 25.1 Å². The van der Waals surface area contributed by atoms with Gasteiger partial charge in [0.15, 0.2) is 0 Å². The van der Waals surface area contributed by atoms with E-state index in [0.717, 1.165) is 5.56 Å². The molecule has 1 heterocycles. The summed E-state index contributed by atoms with van der Waals surface area (Å²) in [6.07, 6.45) is -1.05. The molecule has 0 saturated heterocycles. The van der Waals surface area contributed by atoms with Crippen LogP contribution in [0, 0.1) is 0 Å². The van der Waals surface area contributed by atoms with Crippen molar-refractivity contribution in [1.82, 2.24) is 4.90 Å². The van der Waals surface area contributed by atoms with Crippen LogP contribution in [0.3, 0.4) is 0 Å². The average Bonchev–Trinajstić information content (AvgIpc) is 2.80. The second-order valence-electron chi connectivity index (χ2n) is 7.33. The topological polar surface area (TPSA) is 83.9 Å². The molecule has 0 aliphatic carbocycles. The number of ketones is 1. The van der Waals surface area contributed by atoms with Gasteiger partial charge in [-0.05, 0) is 38.8 Å². The highest BCUT2D eigenvalue weighted by Gasteiger charge is 2.27. The maximum atomic E-state index is 12.2. The SMILES string of the molecule is CC(C)(C)OC(=O)CC(=O)C[C@H](O)CCN1Cc2ccccc2C1=O. The van der Waals surface area contributed by atoms with Gasteiger partial charge in [-0.2, -0.15) is 0 Å². The van der Waals surface area contributed by atoms with Gasteiger partial charge in [0.1, 0.15) is 17.8 Å². The van der Waals surface area contributed by atoms with Crippen molar-refractivity contribution in [3.8, 4) is 0 Å². The molecule has 0 spiro atoms. The number of fused-ring (bicyclic) bond motifs is 1. The summed E-state index contributed by atoms with van der Waals surface area (Å²) in [6, 6.07) is 7.41. The first-order chi connectivity index (χ1) is 11.7. The lowest BCUT2D eigenvalue weighted by molar-refractivity contribution is -0.156. The van der Waals surface area contributed by atoms with Crippen LogP contribution >= 0.6 is 0 Å². The number of benzene rings is 1. The molecular formula is C19H25NO5. The summed E-state index contributed by atoms with van der Waals surface area (Å²) in [5.41, 5.74) is 1.03. The second-order valence-corrected chi connectivity index (χ2v) is 7.33. The molecule has 2 rings (SSSR count). The molecule has 25 heavy (non-hydrogen) atoms. The molecule has 1 N–H and O–H groups in total. The van der Waals surface area contributed by atoms with E-state index < -0.39 is 17.7 Å². The highest BCUT2D eigenvalue weighted by Crippen LogP contribution is 2.22. The van der Waals surface area contributed by atoms with Crippen molar-refractivity contribution in [2.45, 2.75) is 58.3 Å². The number of carbonyl (C=O) groups excluding carboxylic acids is 3. The zero-order valence-electron chi connectivity index (χ0n) is 14.9. The Hall–Kier alpha value is -2.21. The third-order valence-corrected chi connectivity index (χ3v) is 3.85. The van der Waals surface area contributed by atoms with E-state index in [1.165, 1.54) is 0 Å². The number of amides is 1. The molecule has 1 aromatic rings. The van der Waals surface area contributed by atoms with Gasteiger partial charge in [0.05, 0.1) is 6.10 Å². The van der Waals surface area contributed by atoms with E-state index in [2.05, 4.69) is 0 Å². The van der Waals surface area contributed by atoms with Crippen molar-refractivity contribution in [3.63, 3.8) is 0 Å².